The molecule has 0 aliphatic heterocycles. The minimum Gasteiger partial charge on any atom is -0.462 e. The summed E-state index contributed by atoms with van der Waals surface area (Å²) in [6, 6.07) is 0. The SMILES string of the molecule is CC/C=C\C/C=C\C/C=C\C/C=C\C/C=C\C/C=C\C/C=C\C/C=C\C/C=C\CCCCCCCCCCCCCCCC(=O)OC(COC(=O)CCCCCCCCCCCCCCCCCCCCCCC/C=C\C/C=C\CCCCCCC)COP(=O)(O)OCC[N+](C)(C)C. The van der Waals surface area contributed by atoms with Crippen LogP contribution in [0.15, 0.2) is 134 Å². The number of esters is 2. The lowest BCUT2D eigenvalue weighted by molar-refractivity contribution is -0.870. The van der Waals surface area contributed by atoms with E-state index in [4.69, 9.17) is 18.5 Å². The van der Waals surface area contributed by atoms with Crippen LogP contribution in [0.25, 0.3) is 0 Å². The van der Waals surface area contributed by atoms with Crippen LogP contribution >= 0.6 is 7.82 Å². The average Bonchev–Trinajstić information content (AvgIpc) is 1.08. The average molecular weight is 1390 g/mol. The number of carbonyl (C=O) groups excluding carboxylic acids is 2. The van der Waals surface area contributed by atoms with Gasteiger partial charge in [-0.05, 0) is 116 Å². The van der Waals surface area contributed by atoms with Gasteiger partial charge >= 0.3 is 19.8 Å². The smallest absolute Gasteiger partial charge is 0.462 e. The van der Waals surface area contributed by atoms with Crippen LogP contribution in [0.1, 0.15) is 361 Å². The van der Waals surface area contributed by atoms with Gasteiger partial charge in [-0.25, -0.2) is 4.57 Å². The first-order valence-corrected chi connectivity index (χ1v) is 42.4. The third-order valence-electron chi connectivity index (χ3n) is 17.7. The van der Waals surface area contributed by atoms with Crippen molar-refractivity contribution < 1.29 is 42.1 Å². The van der Waals surface area contributed by atoms with Crippen molar-refractivity contribution in [1.29, 1.82) is 0 Å². The zero-order valence-electron chi connectivity index (χ0n) is 64.5. The number of allylic oxidation sites excluding steroid dienone is 22. The summed E-state index contributed by atoms with van der Waals surface area (Å²) in [6.45, 7) is 4.34. The van der Waals surface area contributed by atoms with Crippen LogP contribution in [0, 0.1) is 0 Å². The number of carbonyl (C=O) groups is 2. The highest BCUT2D eigenvalue weighted by atomic mass is 31.2. The van der Waals surface area contributed by atoms with Crippen LogP contribution in [-0.4, -0.2) is 74.9 Å². The third-order valence-corrected chi connectivity index (χ3v) is 18.6. The minimum atomic E-state index is -4.40. The number of likely N-dealkylation sites (N-methyl/N-ethyl adjacent to an activating group) is 1. The molecule has 0 aromatic rings. The first-order valence-electron chi connectivity index (χ1n) is 40.9. The predicted molar refractivity (Wildman–Crippen MR) is 427 cm³/mol. The van der Waals surface area contributed by atoms with Gasteiger partial charge in [0.1, 0.15) is 19.8 Å². The molecule has 0 amide bonds. The van der Waals surface area contributed by atoms with Crippen molar-refractivity contribution in [3.63, 3.8) is 0 Å². The molecule has 9 nitrogen and oxygen atoms in total. The highest BCUT2D eigenvalue weighted by molar-refractivity contribution is 7.47. The Hall–Kier alpha value is -3.85. The van der Waals surface area contributed by atoms with Gasteiger partial charge in [-0.1, -0.05) is 366 Å². The Morgan fingerprint density at radius 1 is 0.327 bits per heavy atom. The molecule has 0 aromatic heterocycles. The monoisotopic (exact) mass is 1390 g/mol. The zero-order valence-corrected chi connectivity index (χ0v) is 65.4. The molecule has 98 heavy (non-hydrogen) atoms. The number of unbranched alkanes of at least 4 members (excludes halogenated alkanes) is 39. The molecule has 0 rings (SSSR count). The Labute approximate surface area is 606 Å². The molecular weight excluding hydrogens is 1230 g/mol. The molecular formula is C88H155NO8P+. The first-order chi connectivity index (χ1) is 48.0. The molecule has 0 radical (unpaired) electrons. The minimum absolute atomic E-state index is 0.0285. The van der Waals surface area contributed by atoms with Crippen molar-refractivity contribution in [2.24, 2.45) is 0 Å². The van der Waals surface area contributed by atoms with Crippen molar-refractivity contribution in [1.82, 2.24) is 0 Å². The Bertz CT molecular complexity index is 2120. The molecule has 0 aromatic carbocycles. The fraction of sp³-hybridized carbons (Fsp3) is 0.727. The van der Waals surface area contributed by atoms with E-state index in [1.165, 1.54) is 225 Å². The number of hydrogen-bond donors (Lipinski definition) is 1. The van der Waals surface area contributed by atoms with Crippen LogP contribution in [0.2, 0.25) is 0 Å². The van der Waals surface area contributed by atoms with Gasteiger partial charge in [0.2, 0.25) is 0 Å². The lowest BCUT2D eigenvalue weighted by atomic mass is 10.0. The number of hydrogen-bond acceptors (Lipinski definition) is 7. The maximum Gasteiger partial charge on any atom is 0.472 e. The number of ether oxygens (including phenoxy) is 2. The molecule has 0 aliphatic rings. The van der Waals surface area contributed by atoms with Gasteiger partial charge in [-0.3, -0.25) is 18.6 Å². The van der Waals surface area contributed by atoms with E-state index in [1.54, 1.807) is 0 Å². The Morgan fingerprint density at radius 2 is 0.582 bits per heavy atom. The molecule has 0 aliphatic carbocycles. The number of nitrogens with zero attached hydrogens (tertiary/aromatic N) is 1. The Kier molecular flexibility index (Phi) is 74.3. The largest absolute Gasteiger partial charge is 0.472 e. The quantitative estimate of drug-likeness (QED) is 0.0211. The van der Waals surface area contributed by atoms with Crippen molar-refractivity contribution in [3.05, 3.63) is 134 Å². The molecule has 2 unspecified atom stereocenters. The van der Waals surface area contributed by atoms with Gasteiger partial charge in [0, 0.05) is 12.8 Å². The summed E-state index contributed by atoms with van der Waals surface area (Å²) in [5.74, 6) is -0.789. The van der Waals surface area contributed by atoms with Crippen LogP contribution in [0.5, 0.6) is 0 Å². The summed E-state index contributed by atoms with van der Waals surface area (Å²) in [5.41, 5.74) is 0. The second-order valence-electron chi connectivity index (χ2n) is 28.4. The van der Waals surface area contributed by atoms with Gasteiger partial charge < -0.3 is 18.9 Å². The molecule has 1 N–H and O–H groups in total. The standard InChI is InChI=1S/C88H154NO8P/c1-6-8-10-12-14-16-18-20-22-24-26-28-30-32-34-36-38-40-41-42-43-44-45-46-47-49-51-53-55-57-59-61-63-65-67-69-71-73-75-77-79-81-88(91)97-86(85-96-98(92,93)95-83-82-89(3,4)5)84-94-87(90)80-78-76-74-72-70-68-66-64-62-60-58-56-54-52-50-48-39-37-35-33-31-29-27-25-23-21-19-17-15-13-11-9-7-2/h8,10,14,16,19-22,25-28,32,34,38,40,42-43,45-46,49,51,86H,6-7,9,11-13,15,17-18,23-24,29-31,33,35-37,39,41,44,47-48,50,52-85H2,1-5H3/p+1/b10-8-,16-14-,21-19-,22-20-,27-25-,28-26-,34-32-,40-38-,43-42-,46-45-,51-49-. The van der Waals surface area contributed by atoms with Crippen LogP contribution in [0.3, 0.4) is 0 Å². The summed E-state index contributed by atoms with van der Waals surface area (Å²) in [4.78, 5) is 36.0. The van der Waals surface area contributed by atoms with Gasteiger partial charge in [0.25, 0.3) is 0 Å². The summed E-state index contributed by atoms with van der Waals surface area (Å²) in [6.07, 6.45) is 113. The van der Waals surface area contributed by atoms with E-state index >= 15 is 0 Å². The molecule has 10 heteroatoms. The van der Waals surface area contributed by atoms with Crippen molar-refractivity contribution >= 4 is 19.8 Å². The highest BCUT2D eigenvalue weighted by Gasteiger charge is 2.27. The molecule has 0 spiro atoms. The maximum absolute atomic E-state index is 12.9. The predicted octanol–water partition coefficient (Wildman–Crippen LogP) is 27.5. The number of quaternary nitrogens is 1. The van der Waals surface area contributed by atoms with Gasteiger partial charge in [-0.15, -0.1) is 0 Å². The van der Waals surface area contributed by atoms with Crippen molar-refractivity contribution in [2.45, 2.75) is 367 Å². The normalized spacial score (nSPS) is 13.7. The topological polar surface area (TPSA) is 108 Å². The van der Waals surface area contributed by atoms with Gasteiger partial charge in [0.15, 0.2) is 6.10 Å². The number of phosphoric ester groups is 1. The van der Waals surface area contributed by atoms with Gasteiger partial charge in [-0.2, -0.15) is 0 Å². The van der Waals surface area contributed by atoms with E-state index in [2.05, 4.69) is 148 Å². The highest BCUT2D eigenvalue weighted by Crippen LogP contribution is 2.43. The van der Waals surface area contributed by atoms with E-state index in [0.29, 0.717) is 17.4 Å². The molecule has 0 saturated heterocycles. The van der Waals surface area contributed by atoms with E-state index in [0.717, 1.165) is 103 Å². The second kappa shape index (κ2) is 77.3. The summed E-state index contributed by atoms with van der Waals surface area (Å²) in [5, 5.41) is 0. The fourth-order valence-corrected chi connectivity index (χ4v) is 12.2. The lowest BCUT2D eigenvalue weighted by Crippen LogP contribution is -2.37. The van der Waals surface area contributed by atoms with E-state index < -0.39 is 26.5 Å². The summed E-state index contributed by atoms with van der Waals surface area (Å²) >= 11 is 0. The van der Waals surface area contributed by atoms with Crippen LogP contribution in [-0.2, 0) is 32.7 Å². The zero-order chi connectivity index (χ0) is 71.1. The first kappa shape index (κ1) is 94.2. The molecule has 0 saturated carbocycles. The number of phosphoric acid groups is 1. The fourth-order valence-electron chi connectivity index (χ4n) is 11.5. The number of rotatable bonds is 75. The molecule has 564 valence electrons. The lowest BCUT2D eigenvalue weighted by Gasteiger charge is -2.24. The summed E-state index contributed by atoms with van der Waals surface area (Å²) in [7, 11) is 1.48. The summed E-state index contributed by atoms with van der Waals surface area (Å²) < 4.78 is 34.8. The Balaban J connectivity index is 3.98. The second-order valence-corrected chi connectivity index (χ2v) is 29.9. The van der Waals surface area contributed by atoms with Crippen LogP contribution < -0.4 is 0 Å². The maximum atomic E-state index is 12.9. The van der Waals surface area contributed by atoms with E-state index in [-0.39, 0.29) is 32.0 Å². The molecule has 0 bridgehead atoms. The van der Waals surface area contributed by atoms with Crippen molar-refractivity contribution in [3.8, 4) is 0 Å². The van der Waals surface area contributed by atoms with Crippen LogP contribution in [0.4, 0.5) is 0 Å². The third kappa shape index (κ3) is 81.1. The van der Waals surface area contributed by atoms with Crippen molar-refractivity contribution in [2.75, 3.05) is 47.5 Å². The van der Waals surface area contributed by atoms with E-state index in [1.807, 2.05) is 21.1 Å². The van der Waals surface area contributed by atoms with Gasteiger partial charge in [0.05, 0.1) is 27.7 Å². The molecule has 2 atom stereocenters. The Morgan fingerprint density at radius 3 is 0.867 bits per heavy atom. The molecule has 0 fully saturated rings. The van der Waals surface area contributed by atoms with E-state index in [9.17, 15) is 19.0 Å². The molecule has 0 heterocycles.